The van der Waals surface area contributed by atoms with E-state index in [1.807, 2.05) is 31.1 Å². The number of carbonyl (C=O) groups is 1. The minimum absolute atomic E-state index is 0.135. The van der Waals surface area contributed by atoms with Crippen LogP contribution in [0.1, 0.15) is 29.3 Å². The van der Waals surface area contributed by atoms with Gasteiger partial charge in [0.1, 0.15) is 0 Å². The van der Waals surface area contributed by atoms with Gasteiger partial charge in [-0.2, -0.15) is 0 Å². The summed E-state index contributed by atoms with van der Waals surface area (Å²) in [5, 5.41) is 2.90. The zero-order valence-corrected chi connectivity index (χ0v) is 15.5. The SMILES string of the molecule is CCN(c1cccc(C)c1)c1ncc(C(=O)NCCCN(C)C)cn1. The van der Waals surface area contributed by atoms with Crippen LogP contribution in [0.25, 0.3) is 0 Å². The van der Waals surface area contributed by atoms with Gasteiger partial charge in [0.05, 0.1) is 5.56 Å². The Hall–Kier alpha value is -2.47. The fraction of sp³-hybridized carbons (Fsp3) is 0.421. The van der Waals surface area contributed by atoms with Gasteiger partial charge >= 0.3 is 0 Å². The van der Waals surface area contributed by atoms with Crippen molar-refractivity contribution < 1.29 is 4.79 Å². The highest BCUT2D eigenvalue weighted by Gasteiger charge is 2.12. The zero-order chi connectivity index (χ0) is 18.2. The summed E-state index contributed by atoms with van der Waals surface area (Å²) in [5.74, 6) is 0.459. The largest absolute Gasteiger partial charge is 0.352 e. The average molecular weight is 341 g/mol. The lowest BCUT2D eigenvalue weighted by molar-refractivity contribution is 0.0951. The van der Waals surface area contributed by atoms with E-state index in [0.717, 1.165) is 25.2 Å². The Morgan fingerprint density at radius 3 is 2.52 bits per heavy atom. The third-order valence-corrected chi connectivity index (χ3v) is 3.84. The molecule has 134 valence electrons. The number of rotatable bonds is 8. The molecule has 0 saturated carbocycles. The summed E-state index contributed by atoms with van der Waals surface area (Å²) in [7, 11) is 4.03. The van der Waals surface area contributed by atoms with E-state index >= 15 is 0 Å². The van der Waals surface area contributed by atoms with E-state index in [0.29, 0.717) is 18.1 Å². The van der Waals surface area contributed by atoms with Crippen LogP contribution in [0, 0.1) is 6.92 Å². The van der Waals surface area contributed by atoms with Crippen molar-refractivity contribution in [1.29, 1.82) is 0 Å². The molecule has 0 aliphatic rings. The first-order valence-electron chi connectivity index (χ1n) is 8.60. The molecule has 1 N–H and O–H groups in total. The lowest BCUT2D eigenvalue weighted by atomic mass is 10.2. The average Bonchev–Trinajstić information content (AvgIpc) is 2.60. The molecule has 25 heavy (non-hydrogen) atoms. The molecule has 0 aliphatic carbocycles. The molecule has 0 saturated heterocycles. The molecular formula is C19H27N5O. The summed E-state index contributed by atoms with van der Waals surface area (Å²) < 4.78 is 0. The predicted molar refractivity (Wildman–Crippen MR) is 101 cm³/mol. The normalized spacial score (nSPS) is 10.8. The van der Waals surface area contributed by atoms with E-state index in [1.165, 1.54) is 5.56 Å². The topological polar surface area (TPSA) is 61.4 Å². The number of benzene rings is 1. The van der Waals surface area contributed by atoms with Crippen LogP contribution in [0.15, 0.2) is 36.7 Å². The van der Waals surface area contributed by atoms with Crippen molar-refractivity contribution >= 4 is 17.5 Å². The van der Waals surface area contributed by atoms with Crippen molar-refractivity contribution in [2.75, 3.05) is 38.6 Å². The van der Waals surface area contributed by atoms with Crippen molar-refractivity contribution in [2.45, 2.75) is 20.3 Å². The maximum atomic E-state index is 12.1. The summed E-state index contributed by atoms with van der Waals surface area (Å²) in [6.07, 6.45) is 4.08. The Bertz CT molecular complexity index is 684. The number of carbonyl (C=O) groups excluding carboxylic acids is 1. The number of nitrogens with zero attached hydrogens (tertiary/aromatic N) is 4. The second kappa shape index (κ2) is 9.13. The van der Waals surface area contributed by atoms with Crippen molar-refractivity contribution in [3.05, 3.63) is 47.8 Å². The van der Waals surface area contributed by atoms with E-state index < -0.39 is 0 Å². The molecule has 1 amide bonds. The monoisotopic (exact) mass is 341 g/mol. The Morgan fingerprint density at radius 1 is 1.20 bits per heavy atom. The first kappa shape index (κ1) is 18.9. The number of anilines is 2. The standard InChI is InChI=1S/C19H27N5O/c1-5-24(17-9-6-8-15(2)12-17)19-21-13-16(14-22-19)18(25)20-10-7-11-23(3)4/h6,8-9,12-14H,5,7,10-11H2,1-4H3,(H,20,25). The Balaban J connectivity index is 2.01. The molecule has 0 fully saturated rings. The van der Waals surface area contributed by atoms with Gasteiger partial charge in [-0.1, -0.05) is 12.1 Å². The van der Waals surface area contributed by atoms with Crippen LogP contribution in [-0.2, 0) is 0 Å². The Morgan fingerprint density at radius 2 is 1.92 bits per heavy atom. The van der Waals surface area contributed by atoms with E-state index in [-0.39, 0.29) is 5.91 Å². The molecule has 1 aromatic carbocycles. The van der Waals surface area contributed by atoms with Crippen molar-refractivity contribution in [3.63, 3.8) is 0 Å². The van der Waals surface area contributed by atoms with Gasteiger partial charge in [-0.25, -0.2) is 9.97 Å². The van der Waals surface area contributed by atoms with Crippen LogP contribution >= 0.6 is 0 Å². The van der Waals surface area contributed by atoms with Gasteiger partial charge in [0.2, 0.25) is 5.95 Å². The Kier molecular flexibility index (Phi) is 6.89. The lowest BCUT2D eigenvalue weighted by Crippen LogP contribution is -2.27. The van der Waals surface area contributed by atoms with Gasteiger partial charge in [0, 0.05) is 31.2 Å². The van der Waals surface area contributed by atoms with Gasteiger partial charge in [0.15, 0.2) is 0 Å². The van der Waals surface area contributed by atoms with E-state index in [4.69, 9.17) is 0 Å². The maximum absolute atomic E-state index is 12.1. The fourth-order valence-electron chi connectivity index (χ4n) is 2.51. The molecule has 1 heterocycles. The zero-order valence-electron chi connectivity index (χ0n) is 15.5. The fourth-order valence-corrected chi connectivity index (χ4v) is 2.51. The molecule has 1 aromatic heterocycles. The number of amides is 1. The van der Waals surface area contributed by atoms with Gasteiger partial charge in [0.25, 0.3) is 5.91 Å². The molecular weight excluding hydrogens is 314 g/mol. The maximum Gasteiger partial charge on any atom is 0.254 e. The van der Waals surface area contributed by atoms with Gasteiger partial charge < -0.3 is 15.1 Å². The third-order valence-electron chi connectivity index (χ3n) is 3.84. The number of aryl methyl sites for hydroxylation is 1. The summed E-state index contributed by atoms with van der Waals surface area (Å²) in [4.78, 5) is 25.0. The van der Waals surface area contributed by atoms with Crippen LogP contribution < -0.4 is 10.2 Å². The quantitative estimate of drug-likeness (QED) is 0.748. The van der Waals surface area contributed by atoms with E-state index in [9.17, 15) is 4.79 Å². The van der Waals surface area contributed by atoms with Crippen LogP contribution in [0.2, 0.25) is 0 Å². The minimum atomic E-state index is -0.135. The summed E-state index contributed by atoms with van der Waals surface area (Å²) in [6.45, 7) is 6.44. The van der Waals surface area contributed by atoms with Crippen LogP contribution in [0.5, 0.6) is 0 Å². The molecule has 0 bridgehead atoms. The highest BCUT2D eigenvalue weighted by Crippen LogP contribution is 2.22. The first-order valence-corrected chi connectivity index (χ1v) is 8.60. The highest BCUT2D eigenvalue weighted by molar-refractivity contribution is 5.93. The molecule has 6 heteroatoms. The smallest absolute Gasteiger partial charge is 0.254 e. The lowest BCUT2D eigenvalue weighted by Gasteiger charge is -2.21. The number of nitrogens with one attached hydrogen (secondary N) is 1. The van der Waals surface area contributed by atoms with Gasteiger partial charge in [-0.15, -0.1) is 0 Å². The van der Waals surface area contributed by atoms with E-state index in [1.54, 1.807) is 12.4 Å². The van der Waals surface area contributed by atoms with Crippen LogP contribution in [0.3, 0.4) is 0 Å². The number of aromatic nitrogens is 2. The number of hydrogen-bond acceptors (Lipinski definition) is 5. The summed E-state index contributed by atoms with van der Waals surface area (Å²) in [5.41, 5.74) is 2.71. The van der Waals surface area contributed by atoms with Gasteiger partial charge in [-0.05, 0) is 58.6 Å². The van der Waals surface area contributed by atoms with E-state index in [2.05, 4.69) is 46.2 Å². The molecule has 2 aromatic rings. The van der Waals surface area contributed by atoms with Crippen LogP contribution in [0.4, 0.5) is 11.6 Å². The summed E-state index contributed by atoms with van der Waals surface area (Å²) >= 11 is 0. The minimum Gasteiger partial charge on any atom is -0.352 e. The van der Waals surface area contributed by atoms with Crippen molar-refractivity contribution in [2.24, 2.45) is 0 Å². The molecule has 0 spiro atoms. The highest BCUT2D eigenvalue weighted by atomic mass is 16.1. The second-order valence-electron chi connectivity index (χ2n) is 6.27. The molecule has 2 rings (SSSR count). The van der Waals surface area contributed by atoms with Crippen molar-refractivity contribution in [1.82, 2.24) is 20.2 Å². The first-order chi connectivity index (χ1) is 12.0. The Labute approximate surface area is 149 Å². The molecule has 6 nitrogen and oxygen atoms in total. The molecule has 0 aliphatic heterocycles. The second-order valence-corrected chi connectivity index (χ2v) is 6.27. The summed E-state index contributed by atoms with van der Waals surface area (Å²) in [6, 6.07) is 8.20. The third kappa shape index (κ3) is 5.53. The van der Waals surface area contributed by atoms with Crippen molar-refractivity contribution in [3.8, 4) is 0 Å². The number of hydrogen-bond donors (Lipinski definition) is 1. The predicted octanol–water partition coefficient (Wildman–Crippen LogP) is 2.62. The molecule has 0 atom stereocenters. The molecule has 0 unspecified atom stereocenters. The van der Waals surface area contributed by atoms with Crippen LogP contribution in [-0.4, -0.2) is 54.5 Å². The van der Waals surface area contributed by atoms with Gasteiger partial charge in [-0.3, -0.25) is 4.79 Å². The molecule has 0 radical (unpaired) electrons.